The molecule has 0 saturated carbocycles. The van der Waals surface area contributed by atoms with Crippen LogP contribution in [0.4, 0.5) is 11.4 Å². The zero-order valence-electron chi connectivity index (χ0n) is 52.3. The molecule has 1 aromatic carbocycles. The summed E-state index contributed by atoms with van der Waals surface area (Å²) in [7, 11) is 0. The van der Waals surface area contributed by atoms with E-state index in [1.165, 1.54) is 6.20 Å². The van der Waals surface area contributed by atoms with E-state index in [-0.39, 0.29) is 62.8 Å². The lowest BCUT2D eigenvalue weighted by atomic mass is 9.95. The summed E-state index contributed by atoms with van der Waals surface area (Å²) in [6.07, 6.45) is 2.81. The summed E-state index contributed by atoms with van der Waals surface area (Å²) in [4.78, 5) is 67.9. The van der Waals surface area contributed by atoms with E-state index in [4.69, 9.17) is 64.3 Å². The summed E-state index contributed by atoms with van der Waals surface area (Å²) in [6.45, 7) is 10.3. The fourth-order valence-corrected chi connectivity index (χ4v) is 8.84. The van der Waals surface area contributed by atoms with Gasteiger partial charge in [0.15, 0.2) is 5.11 Å². The van der Waals surface area contributed by atoms with Crippen LogP contribution in [0.1, 0.15) is 37.7 Å². The van der Waals surface area contributed by atoms with Gasteiger partial charge in [0.1, 0.15) is 11.4 Å². The van der Waals surface area contributed by atoms with Gasteiger partial charge in [0, 0.05) is 75.1 Å². The molecular formula is C60H89N13O19S. The number of aromatic nitrogens is 6. The lowest BCUT2D eigenvalue weighted by Gasteiger charge is -2.30. The molecule has 0 spiro atoms. The molecular weight excluding hydrogens is 1240 g/mol. The van der Waals surface area contributed by atoms with E-state index in [1.807, 2.05) is 30.3 Å². The highest BCUT2D eigenvalue weighted by Gasteiger charge is 2.31. The topological polar surface area (TPSA) is 409 Å². The molecule has 32 nitrogen and oxygen atoms in total. The second-order valence-electron chi connectivity index (χ2n) is 20.5. The van der Waals surface area contributed by atoms with Crippen molar-refractivity contribution < 1.29 is 91.4 Å². The van der Waals surface area contributed by atoms with Gasteiger partial charge in [-0.3, -0.25) is 33.9 Å². The monoisotopic (exact) mass is 1330 g/mol. The standard InChI is InChI=1S/C60H89N13O19S/c74-53(10-11-54(75)68-46-8-9-50(65-41-46)59-72-70-58(71-73-59)49-3-1-2-12-61-49)62-13-15-82-17-19-84-21-23-86-25-27-88-29-31-90-33-35-92-36-34-91-32-30-89-28-26-87-24-22-85-20-18-83-16-14-63-60(93)69-45-6-4-44(5-7-45)37-52-51(40-57(80)81)66-42-47(38-55(76)77)64-43-48(67-52)39-56(78)79/h1-9,12,41,47-48,51-52,64,66-67H,10-11,13-40,42-43H2,(H,62,74)(H,68,75)(H,76,77)(H,78,79)(H,80,81)(H2,63,69,93). The molecule has 4 aromatic rings. The first kappa shape index (κ1) is 76.7. The maximum atomic E-state index is 12.4. The molecule has 0 aliphatic carbocycles. The number of amides is 2. The Morgan fingerprint density at radius 2 is 0.882 bits per heavy atom. The van der Waals surface area contributed by atoms with E-state index in [2.05, 4.69) is 67.6 Å². The number of hydrogen-bond acceptors (Lipinski definition) is 26. The first-order valence-electron chi connectivity index (χ1n) is 30.8. The second kappa shape index (κ2) is 48.6. The number of anilines is 2. The molecule has 0 bridgehead atoms. The Hall–Kier alpha value is -7.06. The molecule has 1 fully saturated rings. The zero-order chi connectivity index (χ0) is 66.2. The highest BCUT2D eigenvalue weighted by molar-refractivity contribution is 7.80. The van der Waals surface area contributed by atoms with Gasteiger partial charge in [-0.05, 0) is 60.6 Å². The van der Waals surface area contributed by atoms with E-state index >= 15 is 0 Å². The van der Waals surface area contributed by atoms with Crippen LogP contribution >= 0.6 is 12.2 Å². The minimum atomic E-state index is -1.03. The molecule has 10 N–H and O–H groups in total. The average molecular weight is 1330 g/mol. The lowest BCUT2D eigenvalue weighted by molar-refractivity contribution is -0.139. The van der Waals surface area contributed by atoms with Gasteiger partial charge in [0.2, 0.25) is 23.5 Å². The van der Waals surface area contributed by atoms with Crippen LogP contribution in [0.25, 0.3) is 23.0 Å². The number of pyridine rings is 2. The number of thiocarbonyl (C=S) groups is 1. The van der Waals surface area contributed by atoms with E-state index in [1.54, 1.807) is 30.5 Å². The van der Waals surface area contributed by atoms with Crippen molar-refractivity contribution in [1.82, 2.24) is 56.9 Å². The number of carbonyl (C=O) groups excluding carboxylic acids is 2. The van der Waals surface area contributed by atoms with Crippen molar-refractivity contribution in [2.75, 3.05) is 182 Å². The number of nitrogens with one attached hydrogen (secondary N) is 7. The Morgan fingerprint density at radius 1 is 0.452 bits per heavy atom. The Balaban J connectivity index is 0.698. The number of benzene rings is 1. The van der Waals surface area contributed by atoms with E-state index in [0.29, 0.717) is 193 Å². The second-order valence-corrected chi connectivity index (χ2v) is 20.9. The summed E-state index contributed by atoms with van der Waals surface area (Å²) in [6, 6.07) is 13.9. The minimum absolute atomic E-state index is 0.00589. The number of carboxylic acid groups (broad SMARTS) is 3. The van der Waals surface area contributed by atoms with Crippen LogP contribution < -0.4 is 37.2 Å². The number of nitrogens with zero attached hydrogens (tertiary/aromatic N) is 6. The Kier molecular flexibility index (Phi) is 40.1. The van der Waals surface area contributed by atoms with Gasteiger partial charge in [-0.25, -0.2) is 0 Å². The lowest BCUT2D eigenvalue weighted by Crippen LogP contribution is -2.54. The first-order chi connectivity index (χ1) is 45.4. The normalized spacial score (nSPS) is 15.7. The van der Waals surface area contributed by atoms with Crippen LogP contribution in [0.15, 0.2) is 67.0 Å². The van der Waals surface area contributed by atoms with Gasteiger partial charge in [0.25, 0.3) is 0 Å². The van der Waals surface area contributed by atoms with Crippen molar-refractivity contribution in [3.63, 3.8) is 0 Å². The first-order valence-corrected chi connectivity index (χ1v) is 31.2. The predicted molar refractivity (Wildman–Crippen MR) is 339 cm³/mol. The fourth-order valence-electron chi connectivity index (χ4n) is 8.62. The van der Waals surface area contributed by atoms with Gasteiger partial charge < -0.3 is 105 Å². The largest absolute Gasteiger partial charge is 0.481 e. The Labute approximate surface area is 545 Å². The Morgan fingerprint density at radius 3 is 1.33 bits per heavy atom. The van der Waals surface area contributed by atoms with Crippen LogP contribution in [0.3, 0.4) is 0 Å². The zero-order valence-corrected chi connectivity index (χ0v) is 53.1. The smallest absolute Gasteiger partial charge is 0.304 e. The molecule has 5 rings (SSSR count). The number of carboxylic acids is 3. The number of ether oxygens (including phenoxy) is 11. The number of hydrogen-bond donors (Lipinski definition) is 10. The van der Waals surface area contributed by atoms with Gasteiger partial charge >= 0.3 is 17.9 Å². The van der Waals surface area contributed by atoms with Gasteiger partial charge in [-0.15, -0.1) is 20.4 Å². The highest BCUT2D eigenvalue weighted by atomic mass is 32.1. The number of rotatable bonds is 51. The summed E-state index contributed by atoms with van der Waals surface area (Å²) < 4.78 is 60.9. The van der Waals surface area contributed by atoms with Crippen LogP contribution in [0.5, 0.6) is 0 Å². The molecule has 514 valence electrons. The van der Waals surface area contributed by atoms with E-state index in [0.717, 1.165) is 11.3 Å². The number of carbonyl (C=O) groups is 5. The van der Waals surface area contributed by atoms with E-state index in [9.17, 15) is 39.3 Å². The van der Waals surface area contributed by atoms with Crippen molar-refractivity contribution in [2.45, 2.75) is 62.7 Å². The summed E-state index contributed by atoms with van der Waals surface area (Å²) in [5, 5.41) is 66.5. The van der Waals surface area contributed by atoms with Gasteiger partial charge in [0.05, 0.1) is 176 Å². The van der Waals surface area contributed by atoms with Gasteiger partial charge in [-0.2, -0.15) is 0 Å². The van der Waals surface area contributed by atoms with Crippen LogP contribution in [-0.2, 0) is 82.5 Å². The van der Waals surface area contributed by atoms with Crippen molar-refractivity contribution in [3.05, 3.63) is 72.6 Å². The summed E-state index contributed by atoms with van der Waals surface area (Å²) in [5.74, 6) is -3.17. The maximum absolute atomic E-state index is 12.4. The third-order valence-electron chi connectivity index (χ3n) is 13.2. The Bertz CT molecular complexity index is 2710. The molecule has 4 heterocycles. The van der Waals surface area contributed by atoms with Crippen LogP contribution in [0, 0.1) is 0 Å². The molecule has 4 unspecified atom stereocenters. The molecule has 93 heavy (non-hydrogen) atoms. The highest BCUT2D eigenvalue weighted by Crippen LogP contribution is 2.18. The SMILES string of the molecule is O=C(O)CC1CNC(CC(=O)O)C(Cc2ccc(NC(=S)NCCOCCOCCOCCOCCOCCOCCOCCOCCOCCOCCOCCNC(=O)CCC(=O)Nc3ccc(-c4nnc(-c5ccccn5)nn4)nc3)cc2)NC(CC(=O)O)CN1. The quantitative estimate of drug-likeness (QED) is 0.0214. The molecule has 0 radical (unpaired) electrons. The van der Waals surface area contributed by atoms with Crippen LogP contribution in [-0.4, -0.2) is 276 Å². The van der Waals surface area contributed by atoms with Crippen molar-refractivity contribution in [3.8, 4) is 23.0 Å². The molecule has 1 aliphatic rings. The average Bonchev–Trinajstić information content (AvgIpc) is 1.70. The third kappa shape index (κ3) is 36.8. The molecule has 4 atom stereocenters. The maximum Gasteiger partial charge on any atom is 0.304 e. The molecule has 1 aliphatic heterocycles. The van der Waals surface area contributed by atoms with E-state index < -0.39 is 42.1 Å². The molecule has 33 heteroatoms. The molecule has 3 aromatic heterocycles. The molecule has 1 saturated heterocycles. The predicted octanol–water partition coefficient (Wildman–Crippen LogP) is 0.618. The van der Waals surface area contributed by atoms with Gasteiger partial charge in [-0.1, -0.05) is 18.2 Å². The third-order valence-corrected chi connectivity index (χ3v) is 13.4. The van der Waals surface area contributed by atoms with Crippen molar-refractivity contribution >= 4 is 58.4 Å². The number of aliphatic carboxylic acids is 3. The minimum Gasteiger partial charge on any atom is -0.481 e. The van der Waals surface area contributed by atoms with Crippen molar-refractivity contribution in [1.29, 1.82) is 0 Å². The fraction of sp³-hybridized carbons (Fsp3) is 0.600. The summed E-state index contributed by atoms with van der Waals surface area (Å²) >= 11 is 5.43. The summed E-state index contributed by atoms with van der Waals surface area (Å²) in [5.41, 5.74) is 3.04. The van der Waals surface area contributed by atoms with Crippen molar-refractivity contribution in [2.24, 2.45) is 0 Å². The van der Waals surface area contributed by atoms with Crippen LogP contribution in [0.2, 0.25) is 0 Å². The molecule has 2 amide bonds.